The molecule has 1 aliphatic heterocycles. The average Bonchev–Trinajstić information content (AvgIpc) is 3.06. The molecule has 1 atom stereocenters. The van der Waals surface area contributed by atoms with Crippen molar-refractivity contribution in [2.24, 2.45) is 11.3 Å². The first-order valence-corrected chi connectivity index (χ1v) is 7.46. The molecule has 1 saturated heterocycles. The van der Waals surface area contributed by atoms with Gasteiger partial charge in [0, 0.05) is 17.5 Å². The number of nitrogens with one attached hydrogen (secondary N) is 2. The van der Waals surface area contributed by atoms with Gasteiger partial charge in [0.1, 0.15) is 0 Å². The number of ether oxygens (including phenoxy) is 1. The van der Waals surface area contributed by atoms with E-state index in [1.54, 1.807) is 0 Å². The number of nitrogens with zero attached hydrogens (tertiary/aromatic N) is 1. The Hall–Kier alpha value is -2.41. The van der Waals surface area contributed by atoms with Gasteiger partial charge in [-0.3, -0.25) is 14.3 Å². The van der Waals surface area contributed by atoms with E-state index >= 15 is 0 Å². The summed E-state index contributed by atoms with van der Waals surface area (Å²) < 4.78 is 9.87. The minimum Gasteiger partial charge on any atom is -0.380 e. The minimum absolute atomic E-state index is 0.0268. The van der Waals surface area contributed by atoms with Crippen molar-refractivity contribution in [3.05, 3.63) is 46.2 Å². The fourth-order valence-corrected chi connectivity index (χ4v) is 2.66. The standard InChI is InChI=1S/C16H19N3O4/c1-16(2)9-22-8-12(16)14(20)17-11-5-3-10(4-6-11)7-13-18-15(21)23-19-13/h3-6,12H,7-9H2,1-2H3,(H,17,20)(H,18,19,21). The molecular formula is C16H19N3O4. The lowest BCUT2D eigenvalue weighted by Gasteiger charge is -2.23. The number of carbonyl (C=O) groups excluding carboxylic acids is 1. The number of carbonyl (C=O) groups is 1. The Labute approximate surface area is 133 Å². The van der Waals surface area contributed by atoms with Crippen molar-refractivity contribution in [1.82, 2.24) is 10.1 Å². The second-order valence-corrected chi connectivity index (χ2v) is 6.46. The molecule has 7 nitrogen and oxygen atoms in total. The summed E-state index contributed by atoms with van der Waals surface area (Å²) in [4.78, 5) is 25.7. The zero-order valence-corrected chi connectivity index (χ0v) is 13.1. The fourth-order valence-electron chi connectivity index (χ4n) is 2.66. The molecule has 7 heteroatoms. The van der Waals surface area contributed by atoms with Crippen LogP contribution in [0.4, 0.5) is 5.69 Å². The largest absolute Gasteiger partial charge is 0.438 e. The van der Waals surface area contributed by atoms with E-state index in [0.29, 0.717) is 25.5 Å². The number of aromatic amines is 1. The van der Waals surface area contributed by atoms with Crippen molar-refractivity contribution in [2.45, 2.75) is 20.3 Å². The number of aromatic nitrogens is 2. The van der Waals surface area contributed by atoms with Crippen LogP contribution in [0, 0.1) is 11.3 Å². The van der Waals surface area contributed by atoms with Crippen LogP contribution in [0.1, 0.15) is 25.2 Å². The Morgan fingerprint density at radius 2 is 2.13 bits per heavy atom. The van der Waals surface area contributed by atoms with Crippen molar-refractivity contribution in [3.8, 4) is 0 Å². The highest BCUT2D eigenvalue weighted by Crippen LogP contribution is 2.34. The molecule has 2 heterocycles. The Balaban J connectivity index is 1.63. The molecule has 23 heavy (non-hydrogen) atoms. The van der Waals surface area contributed by atoms with E-state index in [9.17, 15) is 9.59 Å². The summed E-state index contributed by atoms with van der Waals surface area (Å²) in [5.41, 5.74) is 1.54. The molecule has 2 N–H and O–H groups in total. The van der Waals surface area contributed by atoms with Gasteiger partial charge in [0.2, 0.25) is 5.91 Å². The zero-order chi connectivity index (χ0) is 16.4. The van der Waals surface area contributed by atoms with Gasteiger partial charge in [0.15, 0.2) is 5.82 Å². The third-order valence-corrected chi connectivity index (χ3v) is 4.10. The van der Waals surface area contributed by atoms with Crippen molar-refractivity contribution < 1.29 is 14.1 Å². The number of hydrogen-bond donors (Lipinski definition) is 2. The SMILES string of the molecule is CC1(C)COCC1C(=O)Nc1ccc(Cc2noc(=O)[nH]2)cc1. The highest BCUT2D eigenvalue weighted by Gasteiger charge is 2.40. The van der Waals surface area contributed by atoms with Crippen LogP contribution in [0.5, 0.6) is 0 Å². The van der Waals surface area contributed by atoms with Gasteiger partial charge in [-0.05, 0) is 17.7 Å². The topological polar surface area (TPSA) is 97.2 Å². The van der Waals surface area contributed by atoms with Gasteiger partial charge in [0.05, 0.1) is 19.1 Å². The third-order valence-electron chi connectivity index (χ3n) is 4.10. The van der Waals surface area contributed by atoms with Crippen LogP contribution in [0.3, 0.4) is 0 Å². The second-order valence-electron chi connectivity index (χ2n) is 6.46. The van der Waals surface area contributed by atoms with Crippen LogP contribution in [0.15, 0.2) is 33.6 Å². The Morgan fingerprint density at radius 3 is 2.70 bits per heavy atom. The van der Waals surface area contributed by atoms with Crippen LogP contribution in [0.2, 0.25) is 0 Å². The van der Waals surface area contributed by atoms with Gasteiger partial charge in [-0.2, -0.15) is 0 Å². The molecule has 1 fully saturated rings. The van der Waals surface area contributed by atoms with Gasteiger partial charge in [-0.15, -0.1) is 0 Å². The molecule has 0 spiro atoms. The third kappa shape index (κ3) is 3.50. The van der Waals surface area contributed by atoms with Gasteiger partial charge in [-0.1, -0.05) is 31.1 Å². The molecular weight excluding hydrogens is 298 g/mol. The molecule has 0 aliphatic carbocycles. The number of H-pyrrole nitrogens is 1. The van der Waals surface area contributed by atoms with Crippen LogP contribution in [0.25, 0.3) is 0 Å². The quantitative estimate of drug-likeness (QED) is 0.892. The number of amides is 1. The molecule has 1 unspecified atom stereocenters. The van der Waals surface area contributed by atoms with E-state index in [0.717, 1.165) is 11.3 Å². The van der Waals surface area contributed by atoms with E-state index in [-0.39, 0.29) is 17.2 Å². The molecule has 0 radical (unpaired) electrons. The zero-order valence-electron chi connectivity index (χ0n) is 13.1. The van der Waals surface area contributed by atoms with E-state index in [1.165, 1.54) is 0 Å². The van der Waals surface area contributed by atoms with Crippen LogP contribution >= 0.6 is 0 Å². The lowest BCUT2D eigenvalue weighted by molar-refractivity contribution is -0.121. The molecule has 0 bridgehead atoms. The summed E-state index contributed by atoms with van der Waals surface area (Å²) in [6, 6.07) is 7.40. The Bertz CT molecular complexity index is 745. The van der Waals surface area contributed by atoms with Crippen LogP contribution < -0.4 is 11.1 Å². The predicted octanol–water partition coefficient (Wildman–Crippen LogP) is 1.56. The van der Waals surface area contributed by atoms with Crippen LogP contribution in [-0.4, -0.2) is 29.3 Å². The van der Waals surface area contributed by atoms with Gasteiger partial charge in [-0.25, -0.2) is 4.79 Å². The van der Waals surface area contributed by atoms with Gasteiger partial charge >= 0.3 is 5.76 Å². The van der Waals surface area contributed by atoms with Crippen molar-refractivity contribution in [3.63, 3.8) is 0 Å². The summed E-state index contributed by atoms with van der Waals surface area (Å²) in [6.45, 7) is 5.12. The van der Waals surface area contributed by atoms with E-state index < -0.39 is 5.76 Å². The first kappa shape index (κ1) is 15.5. The summed E-state index contributed by atoms with van der Waals surface area (Å²) in [5.74, 6) is -0.273. The number of hydrogen-bond acceptors (Lipinski definition) is 5. The maximum absolute atomic E-state index is 12.4. The summed E-state index contributed by atoms with van der Waals surface area (Å²) in [5, 5.41) is 6.55. The normalized spacial score (nSPS) is 19.7. The average molecular weight is 317 g/mol. The van der Waals surface area contributed by atoms with Gasteiger partial charge in [0.25, 0.3) is 0 Å². The van der Waals surface area contributed by atoms with E-state index in [4.69, 9.17) is 4.74 Å². The Morgan fingerprint density at radius 1 is 1.39 bits per heavy atom. The number of benzene rings is 1. The first-order chi connectivity index (χ1) is 10.9. The summed E-state index contributed by atoms with van der Waals surface area (Å²) >= 11 is 0. The lowest BCUT2D eigenvalue weighted by Crippen LogP contribution is -2.33. The summed E-state index contributed by atoms with van der Waals surface area (Å²) in [7, 11) is 0. The van der Waals surface area contributed by atoms with Crippen LogP contribution in [-0.2, 0) is 16.0 Å². The maximum Gasteiger partial charge on any atom is 0.438 e. The molecule has 1 aliphatic rings. The molecule has 1 aromatic heterocycles. The molecule has 1 amide bonds. The number of anilines is 1. The van der Waals surface area contributed by atoms with E-state index in [2.05, 4.69) is 20.0 Å². The van der Waals surface area contributed by atoms with Gasteiger partial charge < -0.3 is 10.1 Å². The highest BCUT2D eigenvalue weighted by atomic mass is 16.5. The Kier molecular flexibility index (Phi) is 4.04. The summed E-state index contributed by atoms with van der Waals surface area (Å²) in [6.07, 6.45) is 0.462. The molecule has 1 aromatic carbocycles. The van der Waals surface area contributed by atoms with E-state index in [1.807, 2.05) is 38.1 Å². The molecule has 122 valence electrons. The minimum atomic E-state index is -0.565. The van der Waals surface area contributed by atoms with Crippen molar-refractivity contribution >= 4 is 11.6 Å². The number of rotatable bonds is 4. The lowest BCUT2D eigenvalue weighted by atomic mass is 9.81. The fraction of sp³-hybridized carbons (Fsp3) is 0.438. The molecule has 2 aromatic rings. The predicted molar refractivity (Wildman–Crippen MR) is 83.1 cm³/mol. The monoisotopic (exact) mass is 317 g/mol. The van der Waals surface area contributed by atoms with Crippen molar-refractivity contribution in [2.75, 3.05) is 18.5 Å². The smallest absolute Gasteiger partial charge is 0.380 e. The maximum atomic E-state index is 12.4. The second kappa shape index (κ2) is 6.00. The first-order valence-electron chi connectivity index (χ1n) is 7.46. The molecule has 3 rings (SSSR count). The highest BCUT2D eigenvalue weighted by molar-refractivity contribution is 5.93. The molecule has 0 saturated carbocycles. The van der Waals surface area contributed by atoms with Crippen molar-refractivity contribution in [1.29, 1.82) is 0 Å².